The van der Waals surface area contributed by atoms with Crippen LogP contribution < -0.4 is 9.62 Å². The second-order valence-electron chi connectivity index (χ2n) is 4.36. The first-order valence-corrected chi connectivity index (χ1v) is 8.13. The highest BCUT2D eigenvalue weighted by molar-refractivity contribution is 7.90. The number of benzene rings is 1. The minimum Gasteiger partial charge on any atom is -0.312 e. The van der Waals surface area contributed by atoms with Gasteiger partial charge in [0.1, 0.15) is 5.21 Å². The predicted octanol–water partition coefficient (Wildman–Crippen LogP) is 1.43. The summed E-state index contributed by atoms with van der Waals surface area (Å²) in [6.07, 6.45) is 1.48. The molecule has 0 aliphatic carbocycles. The van der Waals surface area contributed by atoms with Crippen molar-refractivity contribution in [2.75, 3.05) is 16.7 Å². The van der Waals surface area contributed by atoms with Crippen LogP contribution in [0.25, 0.3) is 0 Å². The number of nitrogens with one attached hydrogen (secondary N) is 1. The minimum atomic E-state index is -3.40. The summed E-state index contributed by atoms with van der Waals surface area (Å²) in [4.78, 5) is 13.3. The lowest BCUT2D eigenvalue weighted by atomic mass is 10.2. The van der Waals surface area contributed by atoms with Gasteiger partial charge < -0.3 is 4.90 Å². The Morgan fingerprint density at radius 3 is 2.47 bits per heavy atom. The summed E-state index contributed by atoms with van der Waals surface area (Å²) in [6.45, 7) is 0.945. The van der Waals surface area contributed by atoms with Gasteiger partial charge >= 0.3 is 0 Å². The fraction of sp³-hybridized carbons (Fsp3) is 0.417. The summed E-state index contributed by atoms with van der Waals surface area (Å²) >= 11 is 5.29. The van der Waals surface area contributed by atoms with Crippen LogP contribution in [0.5, 0.6) is 0 Å². The maximum absolute atomic E-state index is 11.6. The van der Waals surface area contributed by atoms with Gasteiger partial charge in [0.2, 0.25) is 15.9 Å². The van der Waals surface area contributed by atoms with Crippen LogP contribution in [0.4, 0.5) is 5.69 Å². The molecule has 1 aliphatic rings. The molecule has 1 saturated heterocycles. The number of alkyl halides is 1. The molecule has 2 rings (SSSR count). The third-order valence-electron chi connectivity index (χ3n) is 2.96. The molecule has 0 aromatic heterocycles. The molecule has 0 spiro atoms. The number of carbonyl (C=O) groups is 1. The third-order valence-corrected chi connectivity index (χ3v) is 4.69. The molecular weight excluding hydrogens is 288 g/mol. The summed E-state index contributed by atoms with van der Waals surface area (Å²) in [6, 6.07) is 7.26. The zero-order chi connectivity index (χ0) is 13.9. The highest BCUT2D eigenvalue weighted by Crippen LogP contribution is 2.21. The molecule has 1 heterocycles. The van der Waals surface area contributed by atoms with E-state index in [1.807, 2.05) is 12.1 Å². The third kappa shape index (κ3) is 3.68. The van der Waals surface area contributed by atoms with Crippen molar-refractivity contribution in [3.63, 3.8) is 0 Å². The molecule has 1 fully saturated rings. The fourth-order valence-electron chi connectivity index (χ4n) is 1.95. The van der Waals surface area contributed by atoms with Gasteiger partial charge in [-0.2, -0.15) is 0 Å². The van der Waals surface area contributed by atoms with Gasteiger partial charge in [-0.3, -0.25) is 4.79 Å². The number of sulfonamides is 1. The molecule has 1 aromatic carbocycles. The van der Waals surface area contributed by atoms with Crippen LogP contribution in [-0.4, -0.2) is 26.1 Å². The highest BCUT2D eigenvalue weighted by atomic mass is 35.5. The van der Waals surface area contributed by atoms with E-state index in [4.69, 9.17) is 11.6 Å². The first kappa shape index (κ1) is 14.3. The van der Waals surface area contributed by atoms with Gasteiger partial charge in [0, 0.05) is 25.2 Å². The molecule has 7 heteroatoms. The molecule has 0 unspecified atom stereocenters. The predicted molar refractivity (Wildman–Crippen MR) is 74.5 cm³/mol. The molecule has 19 heavy (non-hydrogen) atoms. The lowest BCUT2D eigenvalue weighted by molar-refractivity contribution is -0.117. The van der Waals surface area contributed by atoms with E-state index in [1.165, 1.54) is 0 Å². The molecule has 0 saturated carbocycles. The smallest absolute Gasteiger partial charge is 0.227 e. The Morgan fingerprint density at radius 2 is 1.95 bits per heavy atom. The molecule has 1 aromatic rings. The summed E-state index contributed by atoms with van der Waals surface area (Å²) < 4.78 is 24.8. The Bertz CT molecular complexity index is 557. The molecule has 5 nitrogen and oxygen atoms in total. The van der Waals surface area contributed by atoms with Crippen molar-refractivity contribution in [1.82, 2.24) is 4.72 Å². The molecule has 104 valence electrons. The van der Waals surface area contributed by atoms with Crippen molar-refractivity contribution in [1.29, 1.82) is 0 Å². The number of rotatable bonds is 5. The van der Waals surface area contributed by atoms with Crippen LogP contribution in [0.2, 0.25) is 0 Å². The molecule has 0 bridgehead atoms. The summed E-state index contributed by atoms with van der Waals surface area (Å²) in [7, 11) is -3.40. The van der Waals surface area contributed by atoms with Crippen molar-refractivity contribution in [3.05, 3.63) is 29.8 Å². The monoisotopic (exact) mass is 302 g/mol. The fourth-order valence-corrected chi connectivity index (χ4v) is 2.64. The number of carbonyl (C=O) groups excluding carboxylic acids is 1. The van der Waals surface area contributed by atoms with Gasteiger partial charge in [-0.05, 0) is 24.1 Å². The van der Waals surface area contributed by atoms with E-state index in [0.717, 1.165) is 24.2 Å². The zero-order valence-electron chi connectivity index (χ0n) is 10.3. The lowest BCUT2D eigenvalue weighted by Gasteiger charge is -2.15. The number of nitrogens with zero attached hydrogens (tertiary/aromatic N) is 1. The number of amides is 1. The van der Waals surface area contributed by atoms with Crippen LogP contribution in [0.3, 0.4) is 0 Å². The topological polar surface area (TPSA) is 66.5 Å². The largest absolute Gasteiger partial charge is 0.312 e. The zero-order valence-corrected chi connectivity index (χ0v) is 11.9. The van der Waals surface area contributed by atoms with E-state index >= 15 is 0 Å². The van der Waals surface area contributed by atoms with E-state index in [2.05, 4.69) is 4.72 Å². The summed E-state index contributed by atoms with van der Waals surface area (Å²) in [5.41, 5.74) is 1.68. The first-order chi connectivity index (χ1) is 9.02. The highest BCUT2D eigenvalue weighted by Gasteiger charge is 2.21. The van der Waals surface area contributed by atoms with Crippen LogP contribution in [0.15, 0.2) is 24.3 Å². The van der Waals surface area contributed by atoms with Crippen molar-refractivity contribution in [2.24, 2.45) is 0 Å². The molecule has 1 aliphatic heterocycles. The quantitative estimate of drug-likeness (QED) is 0.837. The second-order valence-corrected chi connectivity index (χ2v) is 6.75. The van der Waals surface area contributed by atoms with Gasteiger partial charge in [0.15, 0.2) is 0 Å². The molecule has 1 N–H and O–H groups in total. The summed E-state index contributed by atoms with van der Waals surface area (Å²) in [5, 5.41) is -0.451. The normalized spacial score (nSPS) is 16.1. The van der Waals surface area contributed by atoms with E-state index in [-0.39, 0.29) is 12.5 Å². The van der Waals surface area contributed by atoms with Gasteiger partial charge in [-0.25, -0.2) is 13.1 Å². The minimum absolute atomic E-state index is 0.135. The Kier molecular flexibility index (Phi) is 4.44. The lowest BCUT2D eigenvalue weighted by Crippen LogP contribution is -2.24. The van der Waals surface area contributed by atoms with Crippen molar-refractivity contribution in [3.8, 4) is 0 Å². The van der Waals surface area contributed by atoms with E-state index < -0.39 is 15.2 Å². The molecule has 1 amide bonds. The molecule has 0 atom stereocenters. The van der Waals surface area contributed by atoms with Crippen molar-refractivity contribution in [2.45, 2.75) is 19.4 Å². The summed E-state index contributed by atoms with van der Waals surface area (Å²) in [5.74, 6) is 0.135. The van der Waals surface area contributed by atoms with E-state index in [1.54, 1.807) is 17.0 Å². The van der Waals surface area contributed by atoms with Gasteiger partial charge in [-0.1, -0.05) is 12.1 Å². The van der Waals surface area contributed by atoms with Crippen LogP contribution in [-0.2, 0) is 21.4 Å². The van der Waals surface area contributed by atoms with Gasteiger partial charge in [0.25, 0.3) is 0 Å². The Labute approximate surface area is 117 Å². The number of hydrogen-bond donors (Lipinski definition) is 1. The van der Waals surface area contributed by atoms with Crippen molar-refractivity contribution < 1.29 is 13.2 Å². The van der Waals surface area contributed by atoms with Crippen molar-refractivity contribution >= 4 is 33.2 Å². The maximum Gasteiger partial charge on any atom is 0.227 e. The molecule has 0 radical (unpaired) electrons. The van der Waals surface area contributed by atoms with Gasteiger partial charge in [0.05, 0.1) is 0 Å². The van der Waals surface area contributed by atoms with Crippen LogP contribution >= 0.6 is 11.6 Å². The SMILES string of the molecule is O=C1CCCN1c1ccc(CNS(=O)(=O)CCl)cc1. The number of anilines is 1. The average molecular weight is 303 g/mol. The Morgan fingerprint density at radius 1 is 1.26 bits per heavy atom. The number of halogens is 1. The van der Waals surface area contributed by atoms with E-state index in [0.29, 0.717) is 6.42 Å². The van der Waals surface area contributed by atoms with Crippen LogP contribution in [0, 0.1) is 0 Å². The Hall–Kier alpha value is -1.11. The average Bonchev–Trinajstić information content (AvgIpc) is 2.83. The maximum atomic E-state index is 11.6. The first-order valence-electron chi connectivity index (χ1n) is 5.94. The standard InChI is InChI=1S/C12H15ClN2O3S/c13-9-19(17,18)14-8-10-3-5-11(6-4-10)15-7-1-2-12(15)16/h3-6,14H,1-2,7-9H2. The Balaban J connectivity index is 2.01. The van der Waals surface area contributed by atoms with Gasteiger partial charge in [-0.15, -0.1) is 11.6 Å². The number of hydrogen-bond acceptors (Lipinski definition) is 3. The van der Waals surface area contributed by atoms with E-state index in [9.17, 15) is 13.2 Å². The molecular formula is C12H15ClN2O3S. The van der Waals surface area contributed by atoms with Crippen LogP contribution in [0.1, 0.15) is 18.4 Å². The second kappa shape index (κ2) is 5.90.